The third kappa shape index (κ3) is 3.07. The lowest BCUT2D eigenvalue weighted by atomic mass is 10.0. The van der Waals surface area contributed by atoms with Crippen LogP contribution in [0.2, 0.25) is 0 Å². The summed E-state index contributed by atoms with van der Waals surface area (Å²) < 4.78 is 5.93. The summed E-state index contributed by atoms with van der Waals surface area (Å²) in [6.45, 7) is 4.88. The largest absolute Gasteiger partial charge is 0.465 e. The van der Waals surface area contributed by atoms with Gasteiger partial charge in [0, 0.05) is 30.3 Å². The summed E-state index contributed by atoms with van der Waals surface area (Å²) >= 11 is 0. The van der Waals surface area contributed by atoms with Crippen LogP contribution in [-0.2, 0) is 13.0 Å². The maximum atomic E-state index is 9.42. The Bertz CT molecular complexity index is 953. The molecule has 2 aromatic carbocycles. The molecule has 0 aliphatic carbocycles. The Labute approximate surface area is 154 Å². The minimum Gasteiger partial charge on any atom is -0.465 e. The van der Waals surface area contributed by atoms with Crippen molar-refractivity contribution in [2.24, 2.45) is 0 Å². The van der Waals surface area contributed by atoms with Crippen LogP contribution in [0.15, 0.2) is 52.9 Å². The van der Waals surface area contributed by atoms with Gasteiger partial charge >= 0.3 is 0 Å². The first-order valence-corrected chi connectivity index (χ1v) is 9.32. The van der Waals surface area contributed by atoms with E-state index in [9.17, 15) is 5.26 Å². The first-order valence-electron chi connectivity index (χ1n) is 9.32. The zero-order valence-corrected chi connectivity index (χ0v) is 15.1. The van der Waals surface area contributed by atoms with Gasteiger partial charge in [-0.25, -0.2) is 5.01 Å². The van der Waals surface area contributed by atoms with Gasteiger partial charge in [-0.2, -0.15) is 5.26 Å². The molecule has 0 bridgehead atoms. The fourth-order valence-corrected chi connectivity index (χ4v) is 3.74. The van der Waals surface area contributed by atoms with Gasteiger partial charge in [0.15, 0.2) is 0 Å². The third-order valence-corrected chi connectivity index (χ3v) is 5.08. The van der Waals surface area contributed by atoms with E-state index < -0.39 is 0 Å². The van der Waals surface area contributed by atoms with Crippen LogP contribution in [-0.4, -0.2) is 18.1 Å². The van der Waals surface area contributed by atoms with Gasteiger partial charge in [0.25, 0.3) is 0 Å². The van der Waals surface area contributed by atoms with Crippen molar-refractivity contribution >= 4 is 16.5 Å². The molecule has 0 unspecified atom stereocenters. The Kier molecular flexibility index (Phi) is 4.64. The normalized spacial score (nSPS) is 15.3. The topological polar surface area (TPSA) is 43.4 Å². The Morgan fingerprint density at radius 1 is 0.962 bits per heavy atom. The van der Waals surface area contributed by atoms with E-state index in [0.717, 1.165) is 53.9 Å². The molecule has 4 nitrogen and oxygen atoms in total. The SMILES string of the molecule is CCc1ccc(CN2CCCCN2c2ccc(C#N)c3ccccc23)o1. The van der Waals surface area contributed by atoms with Crippen molar-refractivity contribution in [1.29, 1.82) is 5.26 Å². The van der Waals surface area contributed by atoms with Crippen molar-refractivity contribution in [3.05, 3.63) is 65.6 Å². The second kappa shape index (κ2) is 7.23. The lowest BCUT2D eigenvalue weighted by Crippen LogP contribution is -2.47. The fourth-order valence-electron chi connectivity index (χ4n) is 3.74. The average Bonchev–Trinajstić information content (AvgIpc) is 3.15. The van der Waals surface area contributed by atoms with Gasteiger partial charge in [-0.3, -0.25) is 0 Å². The minimum atomic E-state index is 0.728. The molecule has 26 heavy (non-hydrogen) atoms. The van der Waals surface area contributed by atoms with E-state index in [4.69, 9.17) is 4.42 Å². The maximum Gasteiger partial charge on any atom is 0.120 e. The number of nitrogens with zero attached hydrogens (tertiary/aromatic N) is 3. The molecular formula is C22H23N3O. The molecule has 1 saturated heterocycles. The number of hydrazine groups is 1. The molecule has 0 saturated carbocycles. The number of fused-ring (bicyclic) bond motifs is 1. The lowest BCUT2D eigenvalue weighted by Gasteiger charge is -2.40. The number of hydrogen-bond donors (Lipinski definition) is 0. The van der Waals surface area contributed by atoms with Crippen LogP contribution in [0.4, 0.5) is 5.69 Å². The average molecular weight is 345 g/mol. The van der Waals surface area contributed by atoms with Crippen molar-refractivity contribution in [2.75, 3.05) is 18.1 Å². The van der Waals surface area contributed by atoms with Crippen molar-refractivity contribution in [3.63, 3.8) is 0 Å². The van der Waals surface area contributed by atoms with Crippen molar-refractivity contribution in [3.8, 4) is 6.07 Å². The van der Waals surface area contributed by atoms with Crippen LogP contribution in [0, 0.1) is 11.3 Å². The standard InChI is InChI=1S/C22H23N3O/c1-2-18-10-11-19(26-18)16-24-13-5-6-14-25(24)22-12-9-17(15-23)20-7-3-4-8-21(20)22/h3-4,7-12H,2,5-6,13-14,16H2,1H3. The van der Waals surface area contributed by atoms with E-state index in [1.54, 1.807) is 0 Å². The smallest absolute Gasteiger partial charge is 0.120 e. The summed E-state index contributed by atoms with van der Waals surface area (Å²) in [6.07, 6.45) is 3.28. The van der Waals surface area contributed by atoms with E-state index in [1.807, 2.05) is 24.3 Å². The number of anilines is 1. The maximum absolute atomic E-state index is 9.42. The summed E-state index contributed by atoms with van der Waals surface area (Å²) in [5.74, 6) is 2.04. The lowest BCUT2D eigenvalue weighted by molar-refractivity contribution is 0.189. The Morgan fingerprint density at radius 2 is 1.73 bits per heavy atom. The molecule has 1 aromatic heterocycles. The number of benzene rings is 2. The molecule has 0 spiro atoms. The predicted molar refractivity (Wildman–Crippen MR) is 104 cm³/mol. The first kappa shape index (κ1) is 16.7. The second-order valence-electron chi connectivity index (χ2n) is 6.73. The fraction of sp³-hybridized carbons (Fsp3) is 0.318. The molecule has 1 aliphatic rings. The molecule has 3 aromatic rings. The van der Waals surface area contributed by atoms with E-state index in [1.165, 1.54) is 18.5 Å². The summed E-state index contributed by atoms with van der Waals surface area (Å²) in [6, 6.07) is 18.7. The van der Waals surface area contributed by atoms with Crippen LogP contribution in [0.1, 0.15) is 36.8 Å². The molecule has 0 radical (unpaired) electrons. The van der Waals surface area contributed by atoms with Gasteiger partial charge in [0.2, 0.25) is 0 Å². The van der Waals surface area contributed by atoms with Gasteiger partial charge < -0.3 is 9.43 Å². The number of nitriles is 1. The third-order valence-electron chi connectivity index (χ3n) is 5.08. The first-order chi connectivity index (χ1) is 12.8. The highest BCUT2D eigenvalue weighted by Crippen LogP contribution is 2.32. The summed E-state index contributed by atoms with van der Waals surface area (Å²) in [5.41, 5.74) is 1.90. The number of furan rings is 1. The summed E-state index contributed by atoms with van der Waals surface area (Å²) in [7, 11) is 0. The van der Waals surface area contributed by atoms with Crippen LogP contribution < -0.4 is 5.01 Å². The van der Waals surface area contributed by atoms with E-state index in [2.05, 4.69) is 47.3 Å². The van der Waals surface area contributed by atoms with Crippen molar-refractivity contribution < 1.29 is 4.42 Å². The Balaban J connectivity index is 1.70. The molecule has 4 heteroatoms. The van der Waals surface area contributed by atoms with E-state index in [0.29, 0.717) is 0 Å². The van der Waals surface area contributed by atoms with Gasteiger partial charge in [-0.15, -0.1) is 0 Å². The number of hydrogen-bond acceptors (Lipinski definition) is 4. The second-order valence-corrected chi connectivity index (χ2v) is 6.73. The van der Waals surface area contributed by atoms with Crippen molar-refractivity contribution in [1.82, 2.24) is 5.01 Å². The summed E-state index contributed by atoms with van der Waals surface area (Å²) in [4.78, 5) is 0. The zero-order valence-electron chi connectivity index (χ0n) is 15.1. The highest BCUT2D eigenvalue weighted by Gasteiger charge is 2.23. The quantitative estimate of drug-likeness (QED) is 0.675. The van der Waals surface area contributed by atoms with E-state index in [-0.39, 0.29) is 0 Å². The highest BCUT2D eigenvalue weighted by atomic mass is 16.3. The van der Waals surface area contributed by atoms with Gasteiger partial charge in [-0.1, -0.05) is 31.2 Å². The van der Waals surface area contributed by atoms with Crippen LogP contribution in [0.25, 0.3) is 10.8 Å². The minimum absolute atomic E-state index is 0.728. The molecule has 132 valence electrons. The van der Waals surface area contributed by atoms with Gasteiger partial charge in [-0.05, 0) is 37.1 Å². The molecule has 0 N–H and O–H groups in total. The molecule has 0 amide bonds. The van der Waals surface area contributed by atoms with Crippen LogP contribution in [0.5, 0.6) is 0 Å². The zero-order chi connectivity index (χ0) is 17.9. The number of rotatable bonds is 4. The molecule has 2 heterocycles. The van der Waals surface area contributed by atoms with E-state index >= 15 is 0 Å². The predicted octanol–water partition coefficient (Wildman–Crippen LogP) is 4.88. The molecule has 1 fully saturated rings. The van der Waals surface area contributed by atoms with Gasteiger partial charge in [0.1, 0.15) is 11.5 Å². The molecule has 0 atom stereocenters. The van der Waals surface area contributed by atoms with Crippen molar-refractivity contribution in [2.45, 2.75) is 32.7 Å². The Morgan fingerprint density at radius 3 is 2.50 bits per heavy atom. The Hall–Kier alpha value is -2.77. The van der Waals surface area contributed by atoms with Crippen LogP contribution in [0.3, 0.4) is 0 Å². The highest BCUT2D eigenvalue weighted by molar-refractivity contribution is 5.97. The van der Waals surface area contributed by atoms with Gasteiger partial charge in [0.05, 0.1) is 23.9 Å². The monoisotopic (exact) mass is 345 g/mol. The van der Waals surface area contributed by atoms with Crippen LogP contribution >= 0.6 is 0 Å². The molecule has 1 aliphatic heterocycles. The summed E-state index contributed by atoms with van der Waals surface area (Å²) in [5, 5.41) is 16.3. The number of aryl methyl sites for hydroxylation is 1. The molecule has 4 rings (SSSR count). The molecular weight excluding hydrogens is 322 g/mol.